The summed E-state index contributed by atoms with van der Waals surface area (Å²) in [5.41, 5.74) is 0. The highest BCUT2D eigenvalue weighted by Gasteiger charge is 2.16. The van der Waals surface area contributed by atoms with Gasteiger partial charge in [-0.25, -0.2) is 0 Å². The van der Waals surface area contributed by atoms with Crippen molar-refractivity contribution < 1.29 is 9.46 Å². The standard InChI is InChI=1S/C20H43O2P/c1-3-5-7-9-11-13-15-17-19-23(21,22)20-18-16-14-12-10-8-6-4-2/h3-20H2,1-2H3,(H,21,22). The lowest BCUT2D eigenvalue weighted by atomic mass is 10.1. The van der Waals surface area contributed by atoms with Crippen LogP contribution < -0.4 is 0 Å². The van der Waals surface area contributed by atoms with Crippen molar-refractivity contribution in [3.05, 3.63) is 0 Å². The van der Waals surface area contributed by atoms with Gasteiger partial charge in [-0.2, -0.15) is 0 Å². The highest BCUT2D eigenvalue weighted by Crippen LogP contribution is 2.42. The third kappa shape index (κ3) is 18.4. The molecule has 0 amide bonds. The molecule has 0 aliphatic rings. The summed E-state index contributed by atoms with van der Waals surface area (Å²) >= 11 is 0. The number of hydrogen-bond acceptors (Lipinski definition) is 1. The van der Waals surface area contributed by atoms with E-state index in [9.17, 15) is 9.46 Å². The van der Waals surface area contributed by atoms with Gasteiger partial charge in [-0.05, 0) is 12.8 Å². The molecule has 0 aliphatic carbocycles. The minimum Gasteiger partial charge on any atom is -0.344 e. The predicted molar refractivity (Wildman–Crippen MR) is 105 cm³/mol. The normalized spacial score (nSPS) is 12.0. The van der Waals surface area contributed by atoms with Crippen LogP contribution in [-0.4, -0.2) is 17.2 Å². The second kappa shape index (κ2) is 17.0. The van der Waals surface area contributed by atoms with Gasteiger partial charge in [-0.3, -0.25) is 4.57 Å². The van der Waals surface area contributed by atoms with Crippen LogP contribution in [0.5, 0.6) is 0 Å². The van der Waals surface area contributed by atoms with Crippen molar-refractivity contribution in [2.75, 3.05) is 12.3 Å². The van der Waals surface area contributed by atoms with Crippen LogP contribution in [0.15, 0.2) is 0 Å². The molecule has 0 spiro atoms. The highest BCUT2D eigenvalue weighted by atomic mass is 31.2. The molecular formula is C20H43O2P. The Balaban J connectivity index is 3.35. The van der Waals surface area contributed by atoms with Gasteiger partial charge in [0.1, 0.15) is 0 Å². The molecule has 0 radical (unpaired) electrons. The summed E-state index contributed by atoms with van der Waals surface area (Å²) in [6.45, 7) is 4.48. The van der Waals surface area contributed by atoms with E-state index in [0.717, 1.165) is 25.7 Å². The first kappa shape index (κ1) is 23.2. The first-order valence-electron chi connectivity index (χ1n) is 10.4. The van der Waals surface area contributed by atoms with Crippen molar-refractivity contribution in [1.29, 1.82) is 0 Å². The molecule has 0 rings (SSSR count). The molecule has 0 aliphatic heterocycles. The molecule has 2 nitrogen and oxygen atoms in total. The molecule has 23 heavy (non-hydrogen) atoms. The monoisotopic (exact) mass is 346 g/mol. The van der Waals surface area contributed by atoms with E-state index in [4.69, 9.17) is 0 Å². The smallest absolute Gasteiger partial charge is 0.200 e. The van der Waals surface area contributed by atoms with E-state index in [1.807, 2.05) is 0 Å². The Hall–Kier alpha value is 0.190. The summed E-state index contributed by atoms with van der Waals surface area (Å²) in [7, 11) is -2.82. The van der Waals surface area contributed by atoms with E-state index >= 15 is 0 Å². The van der Waals surface area contributed by atoms with Gasteiger partial charge in [0, 0.05) is 12.3 Å². The Morgan fingerprint density at radius 1 is 0.522 bits per heavy atom. The summed E-state index contributed by atoms with van der Waals surface area (Å²) in [5.74, 6) is 0. The zero-order valence-corrected chi connectivity index (χ0v) is 16.9. The van der Waals surface area contributed by atoms with E-state index in [1.54, 1.807) is 0 Å². The summed E-state index contributed by atoms with van der Waals surface area (Å²) in [6.07, 6.45) is 21.0. The van der Waals surface area contributed by atoms with Crippen LogP contribution in [0.1, 0.15) is 117 Å². The summed E-state index contributed by atoms with van der Waals surface area (Å²) in [5, 5.41) is 0. The van der Waals surface area contributed by atoms with Crippen molar-refractivity contribution >= 4 is 7.37 Å². The van der Waals surface area contributed by atoms with E-state index in [1.165, 1.54) is 77.0 Å². The van der Waals surface area contributed by atoms with Crippen LogP contribution in [-0.2, 0) is 4.57 Å². The molecule has 0 saturated heterocycles. The first-order chi connectivity index (χ1) is 11.1. The molecule has 0 aromatic carbocycles. The van der Waals surface area contributed by atoms with E-state index in [2.05, 4.69) is 13.8 Å². The zero-order chi connectivity index (χ0) is 17.2. The molecule has 0 fully saturated rings. The number of unbranched alkanes of at least 4 members (excludes halogenated alkanes) is 14. The van der Waals surface area contributed by atoms with Gasteiger partial charge in [0.2, 0.25) is 7.37 Å². The summed E-state index contributed by atoms with van der Waals surface area (Å²) in [6, 6.07) is 0. The van der Waals surface area contributed by atoms with Crippen molar-refractivity contribution in [1.82, 2.24) is 0 Å². The van der Waals surface area contributed by atoms with Crippen LogP contribution in [0.2, 0.25) is 0 Å². The van der Waals surface area contributed by atoms with E-state index < -0.39 is 7.37 Å². The van der Waals surface area contributed by atoms with Gasteiger partial charge < -0.3 is 4.89 Å². The molecule has 0 unspecified atom stereocenters. The fourth-order valence-corrected chi connectivity index (χ4v) is 4.76. The molecule has 1 N–H and O–H groups in total. The third-order valence-corrected chi connectivity index (χ3v) is 6.75. The average Bonchev–Trinajstić information content (AvgIpc) is 2.52. The maximum absolute atomic E-state index is 12.1. The molecule has 0 bridgehead atoms. The molecule has 0 saturated carbocycles. The van der Waals surface area contributed by atoms with Crippen LogP contribution in [0.3, 0.4) is 0 Å². The maximum atomic E-state index is 12.1. The topological polar surface area (TPSA) is 37.3 Å². The lowest BCUT2D eigenvalue weighted by Gasteiger charge is -2.11. The lowest BCUT2D eigenvalue weighted by Crippen LogP contribution is -1.96. The second-order valence-corrected chi connectivity index (χ2v) is 9.83. The molecule has 0 aromatic rings. The Morgan fingerprint density at radius 2 is 0.783 bits per heavy atom. The van der Waals surface area contributed by atoms with Gasteiger partial charge in [-0.1, -0.05) is 104 Å². The number of hydrogen-bond donors (Lipinski definition) is 1. The SMILES string of the molecule is CCCCCCCCCCP(=O)(O)CCCCCCCCCC. The Morgan fingerprint density at radius 3 is 1.09 bits per heavy atom. The maximum Gasteiger partial charge on any atom is 0.200 e. The molecular weight excluding hydrogens is 303 g/mol. The van der Waals surface area contributed by atoms with E-state index in [0.29, 0.717) is 12.3 Å². The van der Waals surface area contributed by atoms with Crippen LogP contribution in [0.4, 0.5) is 0 Å². The van der Waals surface area contributed by atoms with Gasteiger partial charge in [0.15, 0.2) is 0 Å². The fraction of sp³-hybridized carbons (Fsp3) is 1.00. The van der Waals surface area contributed by atoms with Gasteiger partial charge >= 0.3 is 0 Å². The first-order valence-corrected chi connectivity index (χ1v) is 12.5. The Bertz CT molecular complexity index is 255. The van der Waals surface area contributed by atoms with Gasteiger partial charge in [0.25, 0.3) is 0 Å². The van der Waals surface area contributed by atoms with Crippen molar-refractivity contribution in [3.8, 4) is 0 Å². The van der Waals surface area contributed by atoms with E-state index in [-0.39, 0.29) is 0 Å². The van der Waals surface area contributed by atoms with Crippen LogP contribution >= 0.6 is 7.37 Å². The largest absolute Gasteiger partial charge is 0.344 e. The Kier molecular flexibility index (Phi) is 17.2. The molecule has 0 heterocycles. The van der Waals surface area contributed by atoms with Crippen LogP contribution in [0.25, 0.3) is 0 Å². The Labute approximate surface area is 146 Å². The lowest BCUT2D eigenvalue weighted by molar-refractivity contribution is 0.469. The minimum atomic E-state index is -2.82. The van der Waals surface area contributed by atoms with Crippen molar-refractivity contribution in [3.63, 3.8) is 0 Å². The average molecular weight is 347 g/mol. The minimum absolute atomic E-state index is 0.554. The predicted octanol–water partition coefficient (Wildman–Crippen LogP) is 7.54. The van der Waals surface area contributed by atoms with Gasteiger partial charge in [0.05, 0.1) is 0 Å². The summed E-state index contributed by atoms with van der Waals surface area (Å²) < 4.78 is 12.1. The molecule has 0 atom stereocenters. The number of rotatable bonds is 18. The third-order valence-electron chi connectivity index (χ3n) is 4.72. The summed E-state index contributed by atoms with van der Waals surface area (Å²) in [4.78, 5) is 10.0. The van der Waals surface area contributed by atoms with Crippen molar-refractivity contribution in [2.24, 2.45) is 0 Å². The van der Waals surface area contributed by atoms with Crippen LogP contribution in [0, 0.1) is 0 Å². The second-order valence-electron chi connectivity index (χ2n) is 7.24. The molecule has 140 valence electrons. The van der Waals surface area contributed by atoms with Crippen molar-refractivity contribution in [2.45, 2.75) is 117 Å². The fourth-order valence-electron chi connectivity index (χ4n) is 3.10. The molecule has 3 heteroatoms. The highest BCUT2D eigenvalue weighted by molar-refractivity contribution is 7.57. The van der Waals surface area contributed by atoms with Gasteiger partial charge in [-0.15, -0.1) is 0 Å². The zero-order valence-electron chi connectivity index (χ0n) is 16.0. The quantitative estimate of drug-likeness (QED) is 0.205. The molecule has 0 aromatic heterocycles.